The van der Waals surface area contributed by atoms with Crippen LogP contribution in [0.1, 0.15) is 26.7 Å². The van der Waals surface area contributed by atoms with Crippen LogP contribution in [0.2, 0.25) is 0 Å². The second kappa shape index (κ2) is 6.47. The Balaban J connectivity index is 2.13. The van der Waals surface area contributed by atoms with Gasteiger partial charge in [0.2, 0.25) is 0 Å². The Morgan fingerprint density at radius 2 is 1.73 bits per heavy atom. The monoisotopic (exact) mass is 301 g/mol. The minimum atomic E-state index is -1.51. The van der Waals surface area contributed by atoms with E-state index in [1.54, 1.807) is 19.9 Å². The first-order valence-corrected chi connectivity index (χ1v) is 7.23. The van der Waals surface area contributed by atoms with Crippen molar-refractivity contribution in [2.45, 2.75) is 26.7 Å². The highest BCUT2D eigenvalue weighted by atomic mass is 16.7. The average Bonchev–Trinajstić information content (AvgIpc) is 2.54. The van der Waals surface area contributed by atoms with Crippen LogP contribution in [0.5, 0.6) is 0 Å². The summed E-state index contributed by atoms with van der Waals surface area (Å²) in [6, 6.07) is 13.3. The molecule has 22 heavy (non-hydrogen) atoms. The normalized spacial score (nSPS) is 11.2. The van der Waals surface area contributed by atoms with Crippen LogP contribution in [0.25, 0.3) is 10.8 Å². The van der Waals surface area contributed by atoms with Crippen LogP contribution in [0, 0.1) is 5.41 Å². The molecule has 0 saturated heterocycles. The van der Waals surface area contributed by atoms with E-state index in [0.717, 1.165) is 10.8 Å². The zero-order valence-corrected chi connectivity index (χ0v) is 12.6. The second-order valence-corrected chi connectivity index (χ2v) is 5.15. The van der Waals surface area contributed by atoms with Crippen molar-refractivity contribution >= 4 is 28.4 Å². The summed E-state index contributed by atoms with van der Waals surface area (Å²) in [5, 5.41) is 11.4. The first-order valence-electron chi connectivity index (χ1n) is 7.23. The number of anilines is 1. The zero-order chi connectivity index (χ0) is 16.2. The summed E-state index contributed by atoms with van der Waals surface area (Å²) in [5.74, 6) is -1.94. The van der Waals surface area contributed by atoms with Crippen LogP contribution >= 0.6 is 0 Å². The molecule has 0 saturated carbocycles. The number of carboxylic acids is 1. The Bertz CT molecular complexity index is 692. The molecular weight excluding hydrogens is 282 g/mol. The molecule has 0 amide bonds. The Morgan fingerprint density at radius 1 is 1.09 bits per heavy atom. The fourth-order valence-corrected chi connectivity index (χ4v) is 2.38. The molecule has 0 spiro atoms. The number of hydrogen-bond donors (Lipinski definition) is 2. The molecule has 2 aromatic carbocycles. The number of hydrogen-bond acceptors (Lipinski definition) is 4. The summed E-state index contributed by atoms with van der Waals surface area (Å²) in [6.45, 7) is 3.32. The van der Waals surface area contributed by atoms with Crippen molar-refractivity contribution in [1.29, 1.82) is 0 Å². The molecule has 2 rings (SSSR count). The van der Waals surface area contributed by atoms with Gasteiger partial charge in [-0.15, -0.1) is 0 Å². The molecule has 0 aliphatic carbocycles. The maximum absolute atomic E-state index is 12.1. The van der Waals surface area contributed by atoms with E-state index in [4.69, 9.17) is 4.84 Å². The summed E-state index contributed by atoms with van der Waals surface area (Å²) in [5.41, 5.74) is 1.64. The molecule has 0 radical (unpaired) electrons. The minimum absolute atomic E-state index is 0.178. The SMILES string of the molecule is CCC(CC)(C(=O)O)C(=O)ONc1ccc2ccccc2c1. The summed E-state index contributed by atoms with van der Waals surface area (Å²) < 4.78 is 0. The highest BCUT2D eigenvalue weighted by Gasteiger charge is 2.45. The number of nitrogens with one attached hydrogen (secondary N) is 1. The maximum Gasteiger partial charge on any atom is 0.349 e. The van der Waals surface area contributed by atoms with E-state index < -0.39 is 17.4 Å². The van der Waals surface area contributed by atoms with Crippen LogP contribution in [-0.2, 0) is 14.4 Å². The van der Waals surface area contributed by atoms with E-state index in [1.807, 2.05) is 36.4 Å². The van der Waals surface area contributed by atoms with Gasteiger partial charge in [0.15, 0.2) is 5.41 Å². The predicted molar refractivity (Wildman–Crippen MR) is 84.3 cm³/mol. The molecule has 0 aromatic heterocycles. The van der Waals surface area contributed by atoms with E-state index in [-0.39, 0.29) is 12.8 Å². The van der Waals surface area contributed by atoms with Gasteiger partial charge >= 0.3 is 11.9 Å². The van der Waals surface area contributed by atoms with Gasteiger partial charge in [0.25, 0.3) is 0 Å². The zero-order valence-electron chi connectivity index (χ0n) is 12.6. The molecule has 0 heterocycles. The van der Waals surface area contributed by atoms with Crippen LogP contribution in [0.3, 0.4) is 0 Å². The second-order valence-electron chi connectivity index (χ2n) is 5.15. The first kappa shape index (κ1) is 15.8. The third-order valence-electron chi connectivity index (χ3n) is 4.02. The standard InChI is InChI=1S/C17H19NO4/c1-3-17(4-2,15(19)20)16(21)22-18-14-10-9-12-7-5-6-8-13(12)11-14/h5-11,18H,3-4H2,1-2H3,(H,19,20). The van der Waals surface area contributed by atoms with Gasteiger partial charge in [-0.2, -0.15) is 0 Å². The van der Waals surface area contributed by atoms with Crippen LogP contribution in [0.4, 0.5) is 5.69 Å². The van der Waals surface area contributed by atoms with Crippen molar-refractivity contribution in [3.05, 3.63) is 42.5 Å². The Hall–Kier alpha value is -2.56. The van der Waals surface area contributed by atoms with E-state index in [0.29, 0.717) is 5.69 Å². The van der Waals surface area contributed by atoms with Crippen molar-refractivity contribution in [1.82, 2.24) is 0 Å². The average molecular weight is 301 g/mol. The maximum atomic E-state index is 12.1. The Labute approximate surface area is 128 Å². The van der Waals surface area contributed by atoms with E-state index in [1.165, 1.54) is 0 Å². The topological polar surface area (TPSA) is 75.6 Å². The first-order chi connectivity index (χ1) is 10.5. The highest BCUT2D eigenvalue weighted by molar-refractivity contribution is 5.99. The lowest BCUT2D eigenvalue weighted by molar-refractivity contribution is -0.167. The van der Waals surface area contributed by atoms with Crippen molar-refractivity contribution in [3.8, 4) is 0 Å². The summed E-state index contributed by atoms with van der Waals surface area (Å²) in [4.78, 5) is 28.5. The smallest absolute Gasteiger partial charge is 0.349 e. The molecule has 116 valence electrons. The summed E-state index contributed by atoms with van der Waals surface area (Å²) in [6.07, 6.45) is 0.355. The molecule has 0 fully saturated rings. The molecule has 0 aliphatic heterocycles. The van der Waals surface area contributed by atoms with E-state index >= 15 is 0 Å². The van der Waals surface area contributed by atoms with Gasteiger partial charge in [-0.25, -0.2) is 10.3 Å². The summed E-state index contributed by atoms with van der Waals surface area (Å²) >= 11 is 0. The fraction of sp³-hybridized carbons (Fsp3) is 0.294. The van der Waals surface area contributed by atoms with Gasteiger partial charge in [0.05, 0.1) is 5.69 Å². The molecule has 2 aromatic rings. The molecule has 5 nitrogen and oxygen atoms in total. The minimum Gasteiger partial charge on any atom is -0.480 e. The van der Waals surface area contributed by atoms with E-state index in [9.17, 15) is 14.7 Å². The van der Waals surface area contributed by atoms with Crippen molar-refractivity contribution in [2.24, 2.45) is 5.41 Å². The van der Waals surface area contributed by atoms with Gasteiger partial charge in [-0.05, 0) is 35.7 Å². The van der Waals surface area contributed by atoms with Gasteiger partial charge < -0.3 is 9.94 Å². The number of carbonyl (C=O) groups excluding carboxylic acids is 1. The molecule has 0 unspecified atom stereocenters. The van der Waals surface area contributed by atoms with Gasteiger partial charge in [-0.3, -0.25) is 4.79 Å². The lowest BCUT2D eigenvalue weighted by Crippen LogP contribution is -2.40. The van der Waals surface area contributed by atoms with Gasteiger partial charge in [-0.1, -0.05) is 44.2 Å². The van der Waals surface area contributed by atoms with E-state index in [2.05, 4.69) is 5.48 Å². The Morgan fingerprint density at radius 3 is 2.32 bits per heavy atom. The lowest BCUT2D eigenvalue weighted by atomic mass is 9.83. The number of carboxylic acid groups (broad SMARTS) is 1. The molecule has 5 heteroatoms. The van der Waals surface area contributed by atoms with Crippen LogP contribution in [-0.4, -0.2) is 17.0 Å². The molecule has 0 atom stereocenters. The van der Waals surface area contributed by atoms with Crippen molar-refractivity contribution in [3.63, 3.8) is 0 Å². The number of aliphatic carboxylic acids is 1. The number of fused-ring (bicyclic) bond motifs is 1. The third kappa shape index (κ3) is 2.88. The molecule has 2 N–H and O–H groups in total. The Kier molecular flexibility index (Phi) is 4.65. The largest absolute Gasteiger partial charge is 0.480 e. The lowest BCUT2D eigenvalue weighted by Gasteiger charge is -2.23. The molecule has 0 aliphatic rings. The van der Waals surface area contributed by atoms with Gasteiger partial charge in [0.1, 0.15) is 0 Å². The number of rotatable bonds is 6. The van der Waals surface area contributed by atoms with Crippen molar-refractivity contribution in [2.75, 3.05) is 5.48 Å². The van der Waals surface area contributed by atoms with Crippen LogP contribution in [0.15, 0.2) is 42.5 Å². The number of carbonyl (C=O) groups is 2. The molecular formula is C17H19NO4. The predicted octanol–water partition coefficient (Wildman–Crippen LogP) is 3.60. The highest BCUT2D eigenvalue weighted by Crippen LogP contribution is 2.29. The van der Waals surface area contributed by atoms with Crippen molar-refractivity contribution < 1.29 is 19.5 Å². The quantitative estimate of drug-likeness (QED) is 0.630. The van der Waals surface area contributed by atoms with Gasteiger partial charge in [0, 0.05) is 0 Å². The molecule has 0 bridgehead atoms. The number of benzene rings is 2. The third-order valence-corrected chi connectivity index (χ3v) is 4.02. The van der Waals surface area contributed by atoms with Crippen LogP contribution < -0.4 is 5.48 Å². The summed E-state index contributed by atoms with van der Waals surface area (Å²) in [7, 11) is 0. The fourth-order valence-electron chi connectivity index (χ4n) is 2.38.